The SMILES string of the molecule is CCOC(=O)c1nc(N(CCc2ccccc2)C(=O)CCc2ncc(-c3ccccc3)o2)sc1C. The van der Waals surface area contributed by atoms with Gasteiger partial charge in [0.15, 0.2) is 22.5 Å². The molecular weight excluding hydrogens is 462 g/mol. The van der Waals surface area contributed by atoms with E-state index in [1.807, 2.05) is 67.6 Å². The first-order chi connectivity index (χ1) is 17.0. The third-order valence-electron chi connectivity index (χ3n) is 5.42. The van der Waals surface area contributed by atoms with E-state index in [-0.39, 0.29) is 24.6 Å². The number of rotatable bonds is 10. The van der Waals surface area contributed by atoms with Crippen molar-refractivity contribution >= 4 is 28.3 Å². The highest BCUT2D eigenvalue weighted by molar-refractivity contribution is 7.16. The van der Waals surface area contributed by atoms with Gasteiger partial charge >= 0.3 is 5.97 Å². The Bertz CT molecular complexity index is 1270. The second-order valence-electron chi connectivity index (χ2n) is 7.89. The van der Waals surface area contributed by atoms with Gasteiger partial charge in [0, 0.05) is 29.8 Å². The number of aromatic nitrogens is 2. The number of ether oxygens (including phenoxy) is 1. The zero-order valence-corrected chi connectivity index (χ0v) is 20.6. The third-order valence-corrected chi connectivity index (χ3v) is 6.41. The van der Waals surface area contributed by atoms with Gasteiger partial charge in [0.1, 0.15) is 0 Å². The summed E-state index contributed by atoms with van der Waals surface area (Å²) >= 11 is 1.32. The van der Waals surface area contributed by atoms with E-state index in [4.69, 9.17) is 9.15 Å². The summed E-state index contributed by atoms with van der Waals surface area (Å²) in [5.74, 6) is 0.590. The lowest BCUT2D eigenvalue weighted by Gasteiger charge is -2.20. The summed E-state index contributed by atoms with van der Waals surface area (Å²) in [5, 5.41) is 0.490. The first-order valence-corrected chi connectivity index (χ1v) is 12.4. The first-order valence-electron chi connectivity index (χ1n) is 11.5. The number of esters is 1. The van der Waals surface area contributed by atoms with Crippen LogP contribution >= 0.6 is 11.3 Å². The van der Waals surface area contributed by atoms with Crippen molar-refractivity contribution in [2.24, 2.45) is 0 Å². The number of hydrogen-bond acceptors (Lipinski definition) is 7. The molecule has 0 aliphatic carbocycles. The van der Waals surface area contributed by atoms with Gasteiger partial charge in [-0.25, -0.2) is 14.8 Å². The van der Waals surface area contributed by atoms with Crippen LogP contribution in [0.25, 0.3) is 11.3 Å². The predicted octanol–water partition coefficient (Wildman–Crippen LogP) is 5.49. The Hall–Kier alpha value is -3.78. The highest BCUT2D eigenvalue weighted by Crippen LogP contribution is 2.28. The topological polar surface area (TPSA) is 85.5 Å². The van der Waals surface area contributed by atoms with Gasteiger partial charge in [-0.2, -0.15) is 0 Å². The average Bonchev–Trinajstić information content (AvgIpc) is 3.51. The average molecular weight is 490 g/mol. The Morgan fingerprint density at radius 2 is 1.74 bits per heavy atom. The van der Waals surface area contributed by atoms with Crippen molar-refractivity contribution < 1.29 is 18.7 Å². The molecule has 2 heterocycles. The van der Waals surface area contributed by atoms with Crippen LogP contribution in [-0.4, -0.2) is 35.0 Å². The number of benzene rings is 2. The fraction of sp³-hybridized carbons (Fsp3) is 0.259. The normalized spacial score (nSPS) is 10.8. The van der Waals surface area contributed by atoms with E-state index in [0.29, 0.717) is 36.2 Å². The molecular formula is C27H27N3O4S. The molecule has 180 valence electrons. The van der Waals surface area contributed by atoms with Gasteiger partial charge in [-0.05, 0) is 25.8 Å². The molecule has 0 aliphatic heterocycles. The lowest BCUT2D eigenvalue weighted by atomic mass is 10.1. The molecule has 0 saturated carbocycles. The summed E-state index contributed by atoms with van der Waals surface area (Å²) < 4.78 is 11.0. The second-order valence-corrected chi connectivity index (χ2v) is 9.07. The lowest BCUT2D eigenvalue weighted by molar-refractivity contribution is -0.118. The Labute approximate surface area is 208 Å². The summed E-state index contributed by atoms with van der Waals surface area (Å²) in [7, 11) is 0. The maximum absolute atomic E-state index is 13.3. The van der Waals surface area contributed by atoms with Crippen LogP contribution in [0.15, 0.2) is 71.3 Å². The van der Waals surface area contributed by atoms with E-state index in [2.05, 4.69) is 9.97 Å². The molecule has 4 rings (SSSR count). The van der Waals surface area contributed by atoms with Crippen LogP contribution in [0.4, 0.5) is 5.13 Å². The Balaban J connectivity index is 1.49. The molecule has 7 nitrogen and oxygen atoms in total. The maximum Gasteiger partial charge on any atom is 0.358 e. The predicted molar refractivity (Wildman–Crippen MR) is 136 cm³/mol. The number of amides is 1. The van der Waals surface area contributed by atoms with E-state index in [0.717, 1.165) is 16.0 Å². The number of aryl methyl sites for hydroxylation is 2. The van der Waals surface area contributed by atoms with E-state index >= 15 is 0 Å². The van der Waals surface area contributed by atoms with Gasteiger partial charge in [-0.15, -0.1) is 11.3 Å². The molecule has 0 saturated heterocycles. The van der Waals surface area contributed by atoms with E-state index in [9.17, 15) is 9.59 Å². The highest BCUT2D eigenvalue weighted by Gasteiger charge is 2.24. The van der Waals surface area contributed by atoms with Crippen molar-refractivity contribution in [1.82, 2.24) is 9.97 Å². The first kappa shape index (κ1) is 24.3. The van der Waals surface area contributed by atoms with Gasteiger partial charge < -0.3 is 9.15 Å². The van der Waals surface area contributed by atoms with E-state index < -0.39 is 5.97 Å². The minimum absolute atomic E-state index is 0.107. The van der Waals surface area contributed by atoms with Crippen LogP contribution in [0.3, 0.4) is 0 Å². The molecule has 35 heavy (non-hydrogen) atoms. The van der Waals surface area contributed by atoms with Gasteiger partial charge in [0.05, 0.1) is 12.8 Å². The highest BCUT2D eigenvalue weighted by atomic mass is 32.1. The van der Waals surface area contributed by atoms with Gasteiger partial charge in [0.2, 0.25) is 5.91 Å². The summed E-state index contributed by atoms with van der Waals surface area (Å²) in [6.07, 6.45) is 2.91. The van der Waals surface area contributed by atoms with Gasteiger partial charge in [-0.1, -0.05) is 60.7 Å². The molecule has 0 N–H and O–H groups in total. The van der Waals surface area contributed by atoms with Crippen molar-refractivity contribution in [3.63, 3.8) is 0 Å². The molecule has 0 bridgehead atoms. The molecule has 0 spiro atoms. The molecule has 0 unspecified atom stereocenters. The lowest BCUT2D eigenvalue weighted by Crippen LogP contribution is -2.33. The fourth-order valence-electron chi connectivity index (χ4n) is 3.61. The maximum atomic E-state index is 13.3. The van der Waals surface area contributed by atoms with Crippen LogP contribution in [0.5, 0.6) is 0 Å². The van der Waals surface area contributed by atoms with Crippen molar-refractivity contribution in [3.05, 3.63) is 88.9 Å². The Morgan fingerprint density at radius 3 is 2.46 bits per heavy atom. The zero-order chi connectivity index (χ0) is 24.6. The van der Waals surface area contributed by atoms with Crippen LogP contribution in [0.1, 0.15) is 40.2 Å². The van der Waals surface area contributed by atoms with Gasteiger partial charge in [-0.3, -0.25) is 9.69 Å². The molecule has 1 amide bonds. The molecule has 0 fully saturated rings. The molecule has 0 radical (unpaired) electrons. The van der Waals surface area contributed by atoms with Crippen molar-refractivity contribution in [1.29, 1.82) is 0 Å². The number of nitrogens with zero attached hydrogens (tertiary/aromatic N) is 3. The van der Waals surface area contributed by atoms with Crippen molar-refractivity contribution in [3.8, 4) is 11.3 Å². The smallest absolute Gasteiger partial charge is 0.358 e. The second kappa shape index (κ2) is 11.6. The van der Waals surface area contributed by atoms with E-state index in [1.54, 1.807) is 18.0 Å². The van der Waals surface area contributed by atoms with Crippen LogP contribution in [-0.2, 0) is 22.4 Å². The Kier molecular flexibility index (Phi) is 8.05. The van der Waals surface area contributed by atoms with Crippen LogP contribution in [0, 0.1) is 6.92 Å². The molecule has 2 aromatic carbocycles. The fourth-order valence-corrected chi connectivity index (χ4v) is 4.55. The minimum atomic E-state index is -0.476. The monoisotopic (exact) mass is 489 g/mol. The number of carbonyl (C=O) groups excluding carboxylic acids is 2. The quantitative estimate of drug-likeness (QED) is 0.274. The molecule has 8 heteroatoms. The summed E-state index contributed by atoms with van der Waals surface area (Å²) in [4.78, 5) is 36.8. The summed E-state index contributed by atoms with van der Waals surface area (Å²) in [5.41, 5.74) is 2.31. The summed E-state index contributed by atoms with van der Waals surface area (Å²) in [6, 6.07) is 19.7. The molecule has 0 aliphatic rings. The largest absolute Gasteiger partial charge is 0.461 e. The molecule has 2 aromatic heterocycles. The number of anilines is 1. The molecule has 4 aromatic rings. The standard InChI is InChI=1S/C27H27N3O4S/c1-3-33-26(32)25-19(2)35-27(29-25)30(17-16-20-10-6-4-7-11-20)24(31)15-14-23-28-18-22(34-23)21-12-8-5-9-13-21/h4-13,18H,3,14-17H2,1-2H3. The van der Waals surface area contributed by atoms with Gasteiger partial charge in [0.25, 0.3) is 0 Å². The third kappa shape index (κ3) is 6.22. The van der Waals surface area contributed by atoms with Crippen molar-refractivity contribution in [2.45, 2.75) is 33.1 Å². The molecule has 0 atom stereocenters. The number of oxazole rings is 1. The van der Waals surface area contributed by atoms with Crippen molar-refractivity contribution in [2.75, 3.05) is 18.1 Å². The minimum Gasteiger partial charge on any atom is -0.461 e. The van der Waals surface area contributed by atoms with Crippen LogP contribution in [0.2, 0.25) is 0 Å². The van der Waals surface area contributed by atoms with E-state index in [1.165, 1.54) is 11.3 Å². The zero-order valence-electron chi connectivity index (χ0n) is 19.8. The summed E-state index contributed by atoms with van der Waals surface area (Å²) in [6.45, 7) is 4.27. The number of carbonyl (C=O) groups is 2. The van der Waals surface area contributed by atoms with Crippen LogP contribution < -0.4 is 4.90 Å². The number of hydrogen-bond donors (Lipinski definition) is 0. The Morgan fingerprint density at radius 1 is 1.03 bits per heavy atom. The number of thiazole rings is 1.